The van der Waals surface area contributed by atoms with Gasteiger partial charge in [-0.1, -0.05) is 18.2 Å². The molecule has 0 aliphatic rings. The largest absolute Gasteiger partial charge is 0.336 e. The Morgan fingerprint density at radius 3 is 2.63 bits per heavy atom. The van der Waals surface area contributed by atoms with E-state index in [1.165, 1.54) is 34.1 Å². The topological polar surface area (TPSA) is 73.1 Å². The highest BCUT2D eigenvalue weighted by molar-refractivity contribution is 7.17. The molecule has 4 aromatic rings. The molecule has 0 saturated carbocycles. The van der Waals surface area contributed by atoms with E-state index >= 15 is 0 Å². The molecule has 0 bridgehead atoms. The highest BCUT2D eigenvalue weighted by Gasteiger charge is 2.19. The fourth-order valence-corrected chi connectivity index (χ4v) is 4.16. The number of halogens is 1. The van der Waals surface area contributed by atoms with Crippen LogP contribution >= 0.6 is 11.3 Å². The summed E-state index contributed by atoms with van der Waals surface area (Å²) >= 11 is 1.21. The average molecular weight is 423 g/mol. The van der Waals surface area contributed by atoms with Gasteiger partial charge in [-0.05, 0) is 60.7 Å². The third kappa shape index (κ3) is 3.46. The van der Waals surface area contributed by atoms with E-state index in [1.807, 2.05) is 19.9 Å². The highest BCUT2D eigenvalue weighted by atomic mass is 32.1. The van der Waals surface area contributed by atoms with Crippen molar-refractivity contribution in [2.45, 2.75) is 20.4 Å². The Balaban J connectivity index is 1.83. The van der Waals surface area contributed by atoms with E-state index in [1.54, 1.807) is 29.6 Å². The molecule has 30 heavy (non-hydrogen) atoms. The molecule has 8 heteroatoms. The fraction of sp³-hybridized carbons (Fsp3) is 0.136. The molecule has 6 nitrogen and oxygen atoms in total. The summed E-state index contributed by atoms with van der Waals surface area (Å²) in [4.78, 5) is 38.9. The van der Waals surface area contributed by atoms with E-state index in [0.717, 1.165) is 15.7 Å². The van der Waals surface area contributed by atoms with Gasteiger partial charge in [-0.2, -0.15) is 0 Å². The maximum absolute atomic E-state index is 13.4. The quantitative estimate of drug-likeness (QED) is 0.545. The van der Waals surface area contributed by atoms with Crippen LogP contribution in [0.25, 0.3) is 15.9 Å². The number of nitrogens with one attached hydrogen (secondary N) is 1. The Labute approximate surface area is 174 Å². The number of fused-ring (bicyclic) bond motifs is 1. The molecule has 0 aliphatic heterocycles. The molecule has 152 valence electrons. The summed E-state index contributed by atoms with van der Waals surface area (Å²) in [6.07, 6.45) is 0. The number of hydrogen-bond donors (Lipinski definition) is 1. The first kappa shape index (κ1) is 19.8. The molecule has 0 radical (unpaired) electrons. The lowest BCUT2D eigenvalue weighted by Crippen LogP contribution is -2.40. The standard InChI is InChI=1S/C22H18FN3O3S/c1-13-5-3-8-17(14(13)2)26-21(28)20-18(9-10-30-20)25(22(26)29)12-19(27)24-16-7-4-6-15(23)11-16/h3-11H,12H2,1-2H3,(H,24,27). The van der Waals surface area contributed by atoms with Gasteiger partial charge in [-0.15, -0.1) is 11.3 Å². The molecule has 2 heterocycles. The number of carbonyl (C=O) groups is 1. The number of benzene rings is 2. The van der Waals surface area contributed by atoms with Gasteiger partial charge < -0.3 is 5.32 Å². The van der Waals surface area contributed by atoms with Crippen LogP contribution in [0.15, 0.2) is 63.5 Å². The molecule has 0 aliphatic carbocycles. The summed E-state index contributed by atoms with van der Waals surface area (Å²) in [6.45, 7) is 3.43. The second-order valence-electron chi connectivity index (χ2n) is 6.92. The van der Waals surface area contributed by atoms with E-state index in [-0.39, 0.29) is 12.2 Å². The van der Waals surface area contributed by atoms with Crippen molar-refractivity contribution >= 4 is 33.1 Å². The third-order valence-electron chi connectivity index (χ3n) is 4.98. The molecule has 0 unspecified atom stereocenters. The Bertz CT molecular complexity index is 1400. The van der Waals surface area contributed by atoms with Crippen molar-refractivity contribution in [2.24, 2.45) is 0 Å². The van der Waals surface area contributed by atoms with Crippen LogP contribution in [0.3, 0.4) is 0 Å². The third-order valence-corrected chi connectivity index (χ3v) is 5.87. The minimum atomic E-state index is -0.603. The van der Waals surface area contributed by atoms with Crippen molar-refractivity contribution in [1.82, 2.24) is 9.13 Å². The van der Waals surface area contributed by atoms with E-state index in [9.17, 15) is 18.8 Å². The number of carbonyl (C=O) groups excluding carboxylic acids is 1. The molecule has 0 spiro atoms. The summed E-state index contributed by atoms with van der Waals surface area (Å²) in [5, 5.41) is 4.30. The zero-order chi connectivity index (χ0) is 21.4. The molecule has 0 fully saturated rings. The molecule has 4 rings (SSSR count). The molecule has 0 atom stereocenters. The predicted molar refractivity (Wildman–Crippen MR) is 116 cm³/mol. The lowest BCUT2D eigenvalue weighted by molar-refractivity contribution is -0.116. The Hall–Kier alpha value is -3.52. The molecule has 1 N–H and O–H groups in total. The van der Waals surface area contributed by atoms with Crippen LogP contribution in [0.4, 0.5) is 10.1 Å². The minimum absolute atomic E-state index is 0.289. The SMILES string of the molecule is Cc1cccc(-n2c(=O)c3sccc3n(CC(=O)Nc3cccc(F)c3)c2=O)c1C. The van der Waals surface area contributed by atoms with Gasteiger partial charge in [0, 0.05) is 5.69 Å². The van der Waals surface area contributed by atoms with E-state index in [0.29, 0.717) is 15.9 Å². The van der Waals surface area contributed by atoms with Gasteiger partial charge in [0.25, 0.3) is 5.56 Å². The predicted octanol–water partition coefficient (Wildman–Crippen LogP) is 3.61. The second kappa shape index (κ2) is 7.72. The number of anilines is 1. The van der Waals surface area contributed by atoms with Crippen molar-refractivity contribution in [3.8, 4) is 5.69 Å². The Morgan fingerprint density at radius 2 is 1.87 bits per heavy atom. The second-order valence-corrected chi connectivity index (χ2v) is 7.84. The number of thiophene rings is 1. The molecular weight excluding hydrogens is 405 g/mol. The van der Waals surface area contributed by atoms with Crippen LogP contribution in [-0.2, 0) is 11.3 Å². The van der Waals surface area contributed by atoms with Crippen LogP contribution in [0, 0.1) is 19.7 Å². The zero-order valence-corrected chi connectivity index (χ0v) is 17.1. The molecule has 1 amide bonds. The summed E-state index contributed by atoms with van der Waals surface area (Å²) < 4.78 is 16.1. The number of hydrogen-bond acceptors (Lipinski definition) is 4. The lowest BCUT2D eigenvalue weighted by atomic mass is 10.1. The lowest BCUT2D eigenvalue weighted by Gasteiger charge is -2.14. The van der Waals surface area contributed by atoms with Crippen molar-refractivity contribution in [3.63, 3.8) is 0 Å². The van der Waals surface area contributed by atoms with E-state index < -0.39 is 23.0 Å². The summed E-state index contributed by atoms with van der Waals surface area (Å²) in [7, 11) is 0. The van der Waals surface area contributed by atoms with Crippen molar-refractivity contribution < 1.29 is 9.18 Å². The van der Waals surface area contributed by atoms with Crippen LogP contribution in [-0.4, -0.2) is 15.0 Å². The minimum Gasteiger partial charge on any atom is -0.324 e. The first-order valence-corrected chi connectivity index (χ1v) is 10.1. The number of nitrogens with zero attached hydrogens (tertiary/aromatic N) is 2. The summed E-state index contributed by atoms with van der Waals surface area (Å²) in [6, 6.07) is 12.5. The van der Waals surface area contributed by atoms with Gasteiger partial charge in [0.15, 0.2) is 0 Å². The number of aromatic nitrogens is 2. The first-order chi connectivity index (χ1) is 14.4. The molecule has 2 aromatic carbocycles. The molecule has 2 aromatic heterocycles. The monoisotopic (exact) mass is 423 g/mol. The summed E-state index contributed by atoms with van der Waals surface area (Å²) in [5.41, 5.74) is 1.90. The van der Waals surface area contributed by atoms with Gasteiger partial charge in [-0.3, -0.25) is 14.2 Å². The van der Waals surface area contributed by atoms with Gasteiger partial charge >= 0.3 is 5.69 Å². The zero-order valence-electron chi connectivity index (χ0n) is 16.3. The number of amides is 1. The number of aryl methyl sites for hydroxylation is 1. The average Bonchev–Trinajstić information content (AvgIpc) is 3.18. The van der Waals surface area contributed by atoms with Gasteiger partial charge in [-0.25, -0.2) is 13.8 Å². The van der Waals surface area contributed by atoms with Crippen molar-refractivity contribution in [3.05, 3.63) is 91.7 Å². The van der Waals surface area contributed by atoms with Crippen molar-refractivity contribution in [1.29, 1.82) is 0 Å². The maximum Gasteiger partial charge on any atom is 0.336 e. The molecule has 0 saturated heterocycles. The molecular formula is C22H18FN3O3S. The normalized spacial score (nSPS) is 11.0. The highest BCUT2D eigenvalue weighted by Crippen LogP contribution is 2.19. The number of rotatable bonds is 4. The van der Waals surface area contributed by atoms with Crippen LogP contribution in [0.5, 0.6) is 0 Å². The van der Waals surface area contributed by atoms with Crippen LogP contribution in [0.1, 0.15) is 11.1 Å². The van der Waals surface area contributed by atoms with Gasteiger partial charge in [0.2, 0.25) is 5.91 Å². The van der Waals surface area contributed by atoms with Gasteiger partial charge in [0.1, 0.15) is 17.1 Å². The maximum atomic E-state index is 13.4. The Kier molecular flexibility index (Phi) is 5.09. The van der Waals surface area contributed by atoms with Crippen LogP contribution < -0.4 is 16.6 Å². The van der Waals surface area contributed by atoms with Crippen LogP contribution in [0.2, 0.25) is 0 Å². The van der Waals surface area contributed by atoms with E-state index in [2.05, 4.69) is 5.32 Å². The summed E-state index contributed by atoms with van der Waals surface area (Å²) in [5.74, 6) is -0.977. The smallest absolute Gasteiger partial charge is 0.324 e. The Morgan fingerprint density at radius 1 is 1.10 bits per heavy atom. The first-order valence-electron chi connectivity index (χ1n) is 9.22. The van der Waals surface area contributed by atoms with Gasteiger partial charge in [0.05, 0.1) is 11.2 Å². The fourth-order valence-electron chi connectivity index (χ4n) is 3.34. The van der Waals surface area contributed by atoms with E-state index in [4.69, 9.17) is 0 Å². The van der Waals surface area contributed by atoms with Crippen molar-refractivity contribution in [2.75, 3.05) is 5.32 Å².